The maximum Gasteiger partial charge on any atom is 0.252 e. The molecule has 6 nitrogen and oxygen atoms in total. The molecule has 1 aliphatic heterocycles. The SMILES string of the molecule is O=C(Cc1ccc(S(=O)(=O)N2CCCCC2)s1)NNc1c(Cl)cc(Cl)cc1Cl. The zero-order valence-electron chi connectivity index (χ0n) is 14.7. The number of nitrogens with one attached hydrogen (secondary N) is 2. The molecule has 0 atom stereocenters. The molecule has 0 bridgehead atoms. The van der Waals surface area contributed by atoms with E-state index in [1.54, 1.807) is 12.1 Å². The third-order valence-electron chi connectivity index (χ3n) is 4.21. The molecule has 11 heteroatoms. The minimum absolute atomic E-state index is 0.0238. The molecule has 0 saturated carbocycles. The molecule has 2 aromatic rings. The fourth-order valence-corrected chi connectivity index (χ4v) is 6.76. The van der Waals surface area contributed by atoms with Crippen LogP contribution in [-0.4, -0.2) is 31.7 Å². The Bertz CT molecular complexity index is 950. The largest absolute Gasteiger partial charge is 0.296 e. The molecular formula is C17H18Cl3N3O3S2. The van der Waals surface area contributed by atoms with Gasteiger partial charge in [0.1, 0.15) is 4.21 Å². The van der Waals surface area contributed by atoms with E-state index in [0.717, 1.165) is 30.6 Å². The first-order valence-electron chi connectivity index (χ1n) is 8.55. The van der Waals surface area contributed by atoms with Gasteiger partial charge in [0.2, 0.25) is 5.91 Å². The number of halogens is 3. The monoisotopic (exact) mass is 481 g/mol. The fraction of sp³-hybridized carbons (Fsp3) is 0.353. The first-order valence-corrected chi connectivity index (χ1v) is 11.9. The van der Waals surface area contributed by atoms with Crippen LogP contribution in [0.2, 0.25) is 15.1 Å². The highest BCUT2D eigenvalue weighted by molar-refractivity contribution is 7.91. The molecule has 0 unspecified atom stereocenters. The average Bonchev–Trinajstić information content (AvgIpc) is 3.11. The van der Waals surface area contributed by atoms with Crippen LogP contribution >= 0.6 is 46.1 Å². The van der Waals surface area contributed by atoms with Crippen LogP contribution in [0.5, 0.6) is 0 Å². The van der Waals surface area contributed by atoms with E-state index < -0.39 is 10.0 Å². The number of sulfonamides is 1. The highest BCUT2D eigenvalue weighted by Crippen LogP contribution is 2.33. The summed E-state index contributed by atoms with van der Waals surface area (Å²) in [6.07, 6.45) is 2.83. The topological polar surface area (TPSA) is 78.5 Å². The lowest BCUT2D eigenvalue weighted by Crippen LogP contribution is -2.35. The molecule has 1 aliphatic rings. The molecule has 1 fully saturated rings. The summed E-state index contributed by atoms with van der Waals surface area (Å²) >= 11 is 19.1. The number of carbonyl (C=O) groups excluding carboxylic acids is 1. The summed E-state index contributed by atoms with van der Waals surface area (Å²) in [5.74, 6) is -0.356. The maximum atomic E-state index is 12.7. The van der Waals surface area contributed by atoms with E-state index in [0.29, 0.717) is 28.7 Å². The molecule has 0 spiro atoms. The van der Waals surface area contributed by atoms with E-state index in [1.165, 1.54) is 16.4 Å². The van der Waals surface area contributed by atoms with Gasteiger partial charge in [0.15, 0.2) is 0 Å². The number of benzene rings is 1. The van der Waals surface area contributed by atoms with E-state index in [4.69, 9.17) is 34.8 Å². The summed E-state index contributed by atoms with van der Waals surface area (Å²) in [6.45, 7) is 1.09. The second-order valence-corrected chi connectivity index (χ2v) is 10.9. The van der Waals surface area contributed by atoms with Gasteiger partial charge >= 0.3 is 0 Å². The molecule has 2 N–H and O–H groups in total. The van der Waals surface area contributed by atoms with E-state index in [1.807, 2.05) is 0 Å². The van der Waals surface area contributed by atoms with Gasteiger partial charge in [-0.3, -0.25) is 15.6 Å². The van der Waals surface area contributed by atoms with Crippen molar-refractivity contribution in [1.82, 2.24) is 9.73 Å². The molecule has 152 valence electrons. The number of amides is 1. The van der Waals surface area contributed by atoms with Gasteiger partial charge in [-0.2, -0.15) is 4.31 Å². The molecule has 1 aromatic carbocycles. The van der Waals surface area contributed by atoms with Crippen molar-refractivity contribution in [2.45, 2.75) is 29.9 Å². The van der Waals surface area contributed by atoms with Crippen LogP contribution in [0.4, 0.5) is 5.69 Å². The summed E-state index contributed by atoms with van der Waals surface area (Å²) in [4.78, 5) is 12.8. The second-order valence-electron chi connectivity index (χ2n) is 6.28. The van der Waals surface area contributed by atoms with Gasteiger partial charge in [0.25, 0.3) is 10.0 Å². The predicted octanol–water partition coefficient (Wildman–Crippen LogP) is 4.57. The summed E-state index contributed by atoms with van der Waals surface area (Å²) in [5, 5.41) is 0.917. The standard InChI is InChI=1S/C17H18Cl3N3O3S2/c18-11-8-13(19)17(14(20)9-11)22-21-15(24)10-12-4-5-16(27-12)28(25,26)23-6-2-1-3-7-23/h4-5,8-9,22H,1-3,6-7,10H2,(H,21,24). The Hall–Kier alpha value is -1.03. The molecular weight excluding hydrogens is 465 g/mol. The van der Waals surface area contributed by atoms with Gasteiger partial charge in [0.05, 0.1) is 22.2 Å². The Morgan fingerprint density at radius 1 is 1.07 bits per heavy atom. The highest BCUT2D eigenvalue weighted by Gasteiger charge is 2.27. The molecule has 28 heavy (non-hydrogen) atoms. The number of nitrogens with zero attached hydrogens (tertiary/aromatic N) is 1. The number of hydrogen-bond acceptors (Lipinski definition) is 5. The first kappa shape index (κ1) is 21.7. The minimum Gasteiger partial charge on any atom is -0.296 e. The van der Waals surface area contributed by atoms with Crippen molar-refractivity contribution in [2.24, 2.45) is 0 Å². The van der Waals surface area contributed by atoms with Gasteiger partial charge in [-0.05, 0) is 37.1 Å². The lowest BCUT2D eigenvalue weighted by molar-refractivity contribution is -0.119. The summed E-state index contributed by atoms with van der Waals surface area (Å²) in [5.41, 5.74) is 5.51. The molecule has 2 heterocycles. The Morgan fingerprint density at radius 2 is 1.71 bits per heavy atom. The molecule has 1 amide bonds. The smallest absolute Gasteiger partial charge is 0.252 e. The van der Waals surface area contributed by atoms with E-state index in [9.17, 15) is 13.2 Å². The number of piperidine rings is 1. The lowest BCUT2D eigenvalue weighted by Gasteiger charge is -2.25. The van der Waals surface area contributed by atoms with Crippen molar-refractivity contribution >= 4 is 67.8 Å². The molecule has 0 radical (unpaired) electrons. The van der Waals surface area contributed by atoms with Crippen LogP contribution in [0.1, 0.15) is 24.1 Å². The van der Waals surface area contributed by atoms with Crippen LogP contribution in [0.3, 0.4) is 0 Å². The third-order valence-corrected chi connectivity index (χ3v) is 8.48. The van der Waals surface area contributed by atoms with E-state index in [-0.39, 0.29) is 26.6 Å². The summed E-state index contributed by atoms with van der Waals surface area (Å²) in [6, 6.07) is 6.21. The van der Waals surface area contributed by atoms with Crippen LogP contribution in [0.15, 0.2) is 28.5 Å². The Morgan fingerprint density at radius 3 is 2.36 bits per heavy atom. The van der Waals surface area contributed by atoms with Crippen molar-refractivity contribution in [3.63, 3.8) is 0 Å². The maximum absolute atomic E-state index is 12.7. The van der Waals surface area contributed by atoms with Crippen molar-refractivity contribution < 1.29 is 13.2 Å². The molecule has 1 aromatic heterocycles. The normalized spacial score (nSPS) is 15.4. The number of hydrogen-bond donors (Lipinski definition) is 2. The Kier molecular flexibility index (Phi) is 7.12. The van der Waals surface area contributed by atoms with Gasteiger partial charge in [-0.25, -0.2) is 8.42 Å². The van der Waals surface area contributed by atoms with Gasteiger partial charge < -0.3 is 0 Å². The van der Waals surface area contributed by atoms with Crippen LogP contribution in [-0.2, 0) is 21.2 Å². The molecule has 1 saturated heterocycles. The summed E-state index contributed by atoms with van der Waals surface area (Å²) < 4.78 is 27.1. The predicted molar refractivity (Wildman–Crippen MR) is 114 cm³/mol. The van der Waals surface area contributed by atoms with Crippen LogP contribution in [0.25, 0.3) is 0 Å². The molecule has 0 aliphatic carbocycles. The van der Waals surface area contributed by atoms with Crippen molar-refractivity contribution in [2.75, 3.05) is 18.5 Å². The zero-order chi connectivity index (χ0) is 20.3. The number of thiophene rings is 1. The number of carbonyl (C=O) groups is 1. The van der Waals surface area contributed by atoms with Gasteiger partial charge in [-0.1, -0.05) is 41.2 Å². The average molecular weight is 483 g/mol. The fourth-order valence-electron chi connectivity index (χ4n) is 2.82. The Labute approximate surface area is 182 Å². The molecule has 3 rings (SSSR count). The van der Waals surface area contributed by atoms with Crippen LogP contribution in [0, 0.1) is 0 Å². The van der Waals surface area contributed by atoms with Gasteiger partial charge in [0, 0.05) is 23.0 Å². The highest BCUT2D eigenvalue weighted by atomic mass is 35.5. The Balaban J connectivity index is 1.61. The van der Waals surface area contributed by atoms with Crippen molar-refractivity contribution in [3.05, 3.63) is 44.2 Å². The van der Waals surface area contributed by atoms with Crippen molar-refractivity contribution in [3.8, 4) is 0 Å². The third kappa shape index (κ3) is 5.11. The zero-order valence-corrected chi connectivity index (χ0v) is 18.6. The van der Waals surface area contributed by atoms with Crippen LogP contribution < -0.4 is 10.9 Å². The summed E-state index contributed by atoms with van der Waals surface area (Å²) in [7, 11) is -3.49. The second kappa shape index (κ2) is 9.19. The lowest BCUT2D eigenvalue weighted by atomic mass is 10.2. The first-order chi connectivity index (χ1) is 13.3. The van der Waals surface area contributed by atoms with E-state index in [2.05, 4.69) is 10.9 Å². The van der Waals surface area contributed by atoms with E-state index >= 15 is 0 Å². The number of hydrazine groups is 1. The van der Waals surface area contributed by atoms with Crippen molar-refractivity contribution in [1.29, 1.82) is 0 Å². The number of rotatable bonds is 6. The quantitative estimate of drug-likeness (QED) is 0.591. The number of anilines is 1. The minimum atomic E-state index is -3.49. The van der Waals surface area contributed by atoms with Gasteiger partial charge in [-0.15, -0.1) is 11.3 Å².